The zero-order valence-electron chi connectivity index (χ0n) is 12.3. The van der Waals surface area contributed by atoms with E-state index in [0.717, 1.165) is 6.54 Å². The van der Waals surface area contributed by atoms with Gasteiger partial charge in [0, 0.05) is 19.1 Å². The van der Waals surface area contributed by atoms with Gasteiger partial charge in [0.1, 0.15) is 0 Å². The molecule has 0 amide bonds. The molecule has 1 heterocycles. The summed E-state index contributed by atoms with van der Waals surface area (Å²) in [5.74, 6) is 0. The van der Waals surface area contributed by atoms with Crippen LogP contribution in [0, 0.1) is 0 Å². The van der Waals surface area contributed by atoms with Gasteiger partial charge in [-0.05, 0) is 37.9 Å². The topological polar surface area (TPSA) is 15.3 Å². The first-order valence-electron chi connectivity index (χ1n) is 7.91. The molecular weight excluding hydrogens is 232 g/mol. The Hall–Kier alpha value is -0.860. The lowest BCUT2D eigenvalue weighted by molar-refractivity contribution is 0.324. The number of likely N-dealkylation sites (tertiary alicyclic amines) is 1. The number of unbranched alkanes of at least 4 members (excludes halogenated alkanes) is 1. The van der Waals surface area contributed by atoms with Gasteiger partial charge < -0.3 is 10.2 Å². The molecule has 1 N–H and O–H groups in total. The van der Waals surface area contributed by atoms with Gasteiger partial charge in [0.15, 0.2) is 0 Å². The van der Waals surface area contributed by atoms with E-state index in [0.29, 0.717) is 6.04 Å². The predicted molar refractivity (Wildman–Crippen MR) is 82.4 cm³/mol. The summed E-state index contributed by atoms with van der Waals surface area (Å²) in [6, 6.07) is 11.4. The first kappa shape index (κ1) is 14.5. The highest BCUT2D eigenvalue weighted by Gasteiger charge is 2.13. The van der Waals surface area contributed by atoms with E-state index in [4.69, 9.17) is 0 Å². The van der Waals surface area contributed by atoms with Crippen LogP contribution in [0.25, 0.3) is 0 Å². The largest absolute Gasteiger partial charge is 0.309 e. The molecule has 2 nitrogen and oxygen atoms in total. The highest BCUT2D eigenvalue weighted by atomic mass is 15.2. The van der Waals surface area contributed by atoms with Crippen molar-refractivity contribution in [1.29, 1.82) is 0 Å². The Labute approximate surface area is 118 Å². The maximum Gasteiger partial charge on any atom is 0.0320 e. The third-order valence-electron chi connectivity index (χ3n) is 4.07. The first-order chi connectivity index (χ1) is 9.40. The molecule has 0 bridgehead atoms. The van der Waals surface area contributed by atoms with Gasteiger partial charge in [-0.3, -0.25) is 0 Å². The van der Waals surface area contributed by atoms with E-state index >= 15 is 0 Å². The predicted octanol–water partition coefficient (Wildman–Crippen LogP) is 3.60. The van der Waals surface area contributed by atoms with Gasteiger partial charge in [0.2, 0.25) is 0 Å². The van der Waals surface area contributed by atoms with Crippen molar-refractivity contribution in [3.05, 3.63) is 35.9 Å². The number of hydrogen-bond acceptors (Lipinski definition) is 2. The van der Waals surface area contributed by atoms with Gasteiger partial charge in [-0.25, -0.2) is 0 Å². The summed E-state index contributed by atoms with van der Waals surface area (Å²) in [6.45, 7) is 7.18. The summed E-state index contributed by atoms with van der Waals surface area (Å²) in [4.78, 5) is 2.58. The van der Waals surface area contributed by atoms with E-state index in [9.17, 15) is 0 Å². The minimum atomic E-state index is 0.531. The van der Waals surface area contributed by atoms with E-state index in [-0.39, 0.29) is 0 Å². The number of benzene rings is 1. The average molecular weight is 260 g/mol. The van der Waals surface area contributed by atoms with E-state index in [1.54, 1.807) is 0 Å². The van der Waals surface area contributed by atoms with Gasteiger partial charge in [-0.15, -0.1) is 0 Å². The molecule has 106 valence electrons. The third-order valence-corrected chi connectivity index (χ3v) is 4.07. The fourth-order valence-electron chi connectivity index (χ4n) is 2.88. The Morgan fingerprint density at radius 1 is 1.16 bits per heavy atom. The number of nitrogens with zero attached hydrogens (tertiary/aromatic N) is 1. The molecule has 1 aromatic rings. The third kappa shape index (κ3) is 4.96. The second-order valence-electron chi connectivity index (χ2n) is 5.61. The number of hydrogen-bond donors (Lipinski definition) is 1. The Morgan fingerprint density at radius 2 is 1.89 bits per heavy atom. The minimum Gasteiger partial charge on any atom is -0.309 e. The molecule has 1 fully saturated rings. The van der Waals surface area contributed by atoms with Crippen LogP contribution in [-0.4, -0.2) is 31.1 Å². The molecule has 0 radical (unpaired) electrons. The van der Waals surface area contributed by atoms with E-state index in [2.05, 4.69) is 47.5 Å². The lowest BCUT2D eigenvalue weighted by Crippen LogP contribution is -2.32. The van der Waals surface area contributed by atoms with Crippen molar-refractivity contribution in [3.63, 3.8) is 0 Å². The Morgan fingerprint density at radius 3 is 2.58 bits per heavy atom. The van der Waals surface area contributed by atoms with Gasteiger partial charge in [-0.2, -0.15) is 0 Å². The molecule has 1 saturated heterocycles. The van der Waals surface area contributed by atoms with Crippen LogP contribution in [0.5, 0.6) is 0 Å². The normalized spacial score (nSPS) is 17.7. The molecule has 0 spiro atoms. The summed E-state index contributed by atoms with van der Waals surface area (Å²) in [5, 5.41) is 3.76. The molecule has 0 saturated carbocycles. The van der Waals surface area contributed by atoms with Crippen molar-refractivity contribution < 1.29 is 0 Å². The molecule has 0 aromatic heterocycles. The van der Waals surface area contributed by atoms with Crippen LogP contribution in [0.3, 0.4) is 0 Å². The summed E-state index contributed by atoms with van der Waals surface area (Å²) in [5.41, 5.74) is 1.44. The van der Waals surface area contributed by atoms with Gasteiger partial charge in [-0.1, -0.05) is 50.1 Å². The fourth-order valence-corrected chi connectivity index (χ4v) is 2.88. The summed E-state index contributed by atoms with van der Waals surface area (Å²) < 4.78 is 0. The monoisotopic (exact) mass is 260 g/mol. The highest BCUT2D eigenvalue weighted by molar-refractivity contribution is 5.18. The molecule has 19 heavy (non-hydrogen) atoms. The Balaban J connectivity index is 1.79. The number of nitrogens with one attached hydrogen (secondary N) is 1. The molecular formula is C17H28N2. The molecule has 1 aromatic carbocycles. The summed E-state index contributed by atoms with van der Waals surface area (Å²) in [6.07, 6.45) is 6.60. The Bertz CT molecular complexity index is 330. The lowest BCUT2D eigenvalue weighted by Gasteiger charge is -2.21. The lowest BCUT2D eigenvalue weighted by atomic mass is 10.0. The molecule has 0 aliphatic carbocycles. The van der Waals surface area contributed by atoms with Crippen LogP contribution in [0.2, 0.25) is 0 Å². The van der Waals surface area contributed by atoms with Crippen LogP contribution in [0.4, 0.5) is 0 Å². The van der Waals surface area contributed by atoms with E-state index in [1.807, 2.05) is 0 Å². The van der Waals surface area contributed by atoms with Gasteiger partial charge >= 0.3 is 0 Å². The molecule has 1 aliphatic heterocycles. The van der Waals surface area contributed by atoms with Crippen LogP contribution < -0.4 is 5.32 Å². The first-order valence-corrected chi connectivity index (χ1v) is 7.91. The van der Waals surface area contributed by atoms with Gasteiger partial charge in [0.05, 0.1) is 0 Å². The molecule has 1 atom stereocenters. The molecule has 2 heteroatoms. The standard InChI is InChI=1S/C17H28N2/c1-2-3-11-17(16-9-5-4-6-10-16)18-12-15-19-13-7-8-14-19/h4-6,9-10,17-18H,2-3,7-8,11-15H2,1H3. The summed E-state index contributed by atoms with van der Waals surface area (Å²) >= 11 is 0. The fraction of sp³-hybridized carbons (Fsp3) is 0.647. The molecule has 2 rings (SSSR count). The zero-order valence-corrected chi connectivity index (χ0v) is 12.3. The van der Waals surface area contributed by atoms with Crippen molar-refractivity contribution >= 4 is 0 Å². The van der Waals surface area contributed by atoms with Crippen molar-refractivity contribution in [1.82, 2.24) is 10.2 Å². The average Bonchev–Trinajstić information content (AvgIpc) is 2.97. The Kier molecular flexibility index (Phi) is 6.38. The van der Waals surface area contributed by atoms with E-state index < -0.39 is 0 Å². The van der Waals surface area contributed by atoms with Crippen LogP contribution in [-0.2, 0) is 0 Å². The van der Waals surface area contributed by atoms with Crippen molar-refractivity contribution in [2.45, 2.75) is 45.1 Å². The minimum absolute atomic E-state index is 0.531. The van der Waals surface area contributed by atoms with Crippen molar-refractivity contribution in [2.24, 2.45) is 0 Å². The maximum absolute atomic E-state index is 3.76. The van der Waals surface area contributed by atoms with Crippen LogP contribution >= 0.6 is 0 Å². The van der Waals surface area contributed by atoms with Crippen LogP contribution in [0.1, 0.15) is 50.6 Å². The highest BCUT2D eigenvalue weighted by Crippen LogP contribution is 2.19. The second-order valence-corrected chi connectivity index (χ2v) is 5.61. The number of rotatable bonds is 8. The molecule has 1 aliphatic rings. The quantitative estimate of drug-likeness (QED) is 0.768. The summed E-state index contributed by atoms with van der Waals surface area (Å²) in [7, 11) is 0. The smallest absolute Gasteiger partial charge is 0.0320 e. The molecule has 1 unspecified atom stereocenters. The second kappa shape index (κ2) is 8.34. The van der Waals surface area contributed by atoms with Gasteiger partial charge in [0.25, 0.3) is 0 Å². The zero-order chi connectivity index (χ0) is 13.3. The van der Waals surface area contributed by atoms with Crippen molar-refractivity contribution in [2.75, 3.05) is 26.2 Å². The van der Waals surface area contributed by atoms with Crippen LogP contribution in [0.15, 0.2) is 30.3 Å². The van der Waals surface area contributed by atoms with E-state index in [1.165, 1.54) is 57.3 Å². The van der Waals surface area contributed by atoms with Crippen molar-refractivity contribution in [3.8, 4) is 0 Å². The SMILES string of the molecule is CCCCC(NCCN1CCCC1)c1ccccc1. The maximum atomic E-state index is 3.76.